The molecule has 1 aromatic heterocycles. The van der Waals surface area contributed by atoms with Crippen molar-refractivity contribution in [3.63, 3.8) is 0 Å². The average molecular weight is 627 g/mol. The lowest BCUT2D eigenvalue weighted by Crippen LogP contribution is -2.57. The van der Waals surface area contributed by atoms with E-state index in [0.717, 1.165) is 59.6 Å². The molecule has 11 nitrogen and oxygen atoms in total. The van der Waals surface area contributed by atoms with E-state index >= 15 is 0 Å². The summed E-state index contributed by atoms with van der Waals surface area (Å²) < 4.78 is 0. The van der Waals surface area contributed by atoms with Crippen molar-refractivity contribution in [2.75, 3.05) is 44.6 Å². The van der Waals surface area contributed by atoms with Crippen molar-refractivity contribution in [2.24, 2.45) is 0 Å². The van der Waals surface area contributed by atoms with Crippen LogP contribution in [0.2, 0.25) is 0 Å². The maximum absolute atomic E-state index is 14.1. The number of H-pyrrole nitrogens is 1. The molecule has 3 N–H and O–H groups in total. The number of nitrogens with zero attached hydrogens (tertiary/aromatic N) is 5. The summed E-state index contributed by atoms with van der Waals surface area (Å²) in [7, 11) is 0. The maximum atomic E-state index is 14.1. The first-order valence-corrected chi connectivity index (χ1v) is 17.1. The Morgan fingerprint density at radius 2 is 1.63 bits per heavy atom. The minimum absolute atomic E-state index is 0.0118. The van der Waals surface area contributed by atoms with E-state index in [0.29, 0.717) is 44.9 Å². The van der Waals surface area contributed by atoms with Crippen LogP contribution in [0, 0.1) is 6.92 Å². The molecule has 3 fully saturated rings. The number of fused-ring (bicyclic) bond motifs is 2. The van der Waals surface area contributed by atoms with E-state index in [2.05, 4.69) is 25.5 Å². The molecule has 7 rings (SSSR count). The highest BCUT2D eigenvalue weighted by atomic mass is 16.2. The number of carbonyl (C=O) groups is 3. The molecule has 11 heteroatoms. The second-order valence-corrected chi connectivity index (χ2v) is 13.5. The molecule has 5 heterocycles. The normalized spacial score (nSPS) is 20.8. The number of aromatic nitrogens is 2. The SMILES string of the molecule is Cc1nc2cc(CC(NC(=O)N3CCC(N4Cc5ccccc5NC4=O)CC3)C(=O)N3CCC(N4CCCCC4)CC3)ccc2[nH]1. The number of hydrogen-bond donors (Lipinski definition) is 3. The number of carbonyl (C=O) groups excluding carboxylic acids is 3. The van der Waals surface area contributed by atoms with Gasteiger partial charge in [0.25, 0.3) is 0 Å². The van der Waals surface area contributed by atoms with Gasteiger partial charge in [0.05, 0.1) is 11.0 Å². The number of aryl methyl sites for hydroxylation is 1. The molecular weight excluding hydrogens is 580 g/mol. The van der Waals surface area contributed by atoms with Crippen LogP contribution < -0.4 is 10.6 Å². The first kappa shape index (κ1) is 30.5. The molecule has 0 radical (unpaired) electrons. The number of amides is 5. The quantitative estimate of drug-likeness (QED) is 0.373. The lowest BCUT2D eigenvalue weighted by atomic mass is 9.98. The molecule has 46 heavy (non-hydrogen) atoms. The summed E-state index contributed by atoms with van der Waals surface area (Å²) in [6.07, 6.45) is 7.61. The van der Waals surface area contributed by atoms with E-state index in [4.69, 9.17) is 0 Å². The summed E-state index contributed by atoms with van der Waals surface area (Å²) in [5.41, 5.74) is 4.76. The molecule has 0 aliphatic carbocycles. The molecule has 0 spiro atoms. The van der Waals surface area contributed by atoms with Crippen molar-refractivity contribution < 1.29 is 14.4 Å². The maximum Gasteiger partial charge on any atom is 0.322 e. The van der Waals surface area contributed by atoms with Gasteiger partial charge < -0.3 is 35.2 Å². The monoisotopic (exact) mass is 626 g/mol. The van der Waals surface area contributed by atoms with Crippen LogP contribution in [-0.4, -0.2) is 105 Å². The third kappa shape index (κ3) is 6.56. The van der Waals surface area contributed by atoms with Crippen LogP contribution in [0.15, 0.2) is 42.5 Å². The van der Waals surface area contributed by atoms with Crippen LogP contribution in [0.1, 0.15) is 61.9 Å². The Kier molecular flexibility index (Phi) is 8.84. The first-order chi connectivity index (χ1) is 22.4. The van der Waals surface area contributed by atoms with E-state index < -0.39 is 6.04 Å². The number of urea groups is 2. The number of rotatable bonds is 6. The predicted molar refractivity (Wildman–Crippen MR) is 177 cm³/mol. The van der Waals surface area contributed by atoms with Crippen LogP contribution in [0.4, 0.5) is 15.3 Å². The Bertz CT molecular complexity index is 1570. The largest absolute Gasteiger partial charge is 0.342 e. The fraction of sp³-hybridized carbons (Fsp3) is 0.543. The number of benzene rings is 2. The van der Waals surface area contributed by atoms with Gasteiger partial charge in [-0.3, -0.25) is 4.79 Å². The van der Waals surface area contributed by atoms with Crippen LogP contribution in [-0.2, 0) is 17.8 Å². The Morgan fingerprint density at radius 3 is 2.41 bits per heavy atom. The Morgan fingerprint density at radius 1 is 0.913 bits per heavy atom. The molecule has 0 bridgehead atoms. The van der Waals surface area contributed by atoms with Crippen molar-refractivity contribution in [2.45, 2.75) is 83.0 Å². The molecule has 0 saturated carbocycles. The summed E-state index contributed by atoms with van der Waals surface area (Å²) in [5.74, 6) is 0.835. The number of anilines is 1. The second-order valence-electron chi connectivity index (χ2n) is 13.5. The lowest BCUT2D eigenvalue weighted by molar-refractivity contribution is -0.134. The van der Waals surface area contributed by atoms with Gasteiger partial charge in [-0.2, -0.15) is 0 Å². The minimum atomic E-state index is -0.668. The molecule has 3 aromatic rings. The van der Waals surface area contributed by atoms with Gasteiger partial charge in [-0.05, 0) is 87.9 Å². The minimum Gasteiger partial charge on any atom is -0.342 e. The standard InChI is InChI=1S/C35H46N8O3/c1-24-36-30-10-9-25(21-31(30)37-24)22-32(33(44)41-17-11-27(12-18-41)40-15-5-2-6-16-40)39-34(45)42-19-13-28(14-20-42)43-23-26-7-3-4-8-29(26)38-35(43)46/h3-4,7-10,21,27-28,32H,2,5-6,11-20,22-23H2,1H3,(H,36,37)(H,38,46)(H,39,45). The average Bonchev–Trinajstić information content (AvgIpc) is 3.47. The molecule has 5 amide bonds. The summed E-state index contributed by atoms with van der Waals surface area (Å²) in [5, 5.41) is 6.15. The number of likely N-dealkylation sites (tertiary alicyclic amines) is 3. The van der Waals surface area contributed by atoms with Gasteiger partial charge in [0.2, 0.25) is 5.91 Å². The van der Waals surface area contributed by atoms with Crippen molar-refractivity contribution in [1.82, 2.24) is 34.9 Å². The third-order valence-electron chi connectivity index (χ3n) is 10.4. The molecule has 4 aliphatic rings. The topological polar surface area (TPSA) is 117 Å². The molecule has 4 aliphatic heterocycles. The smallest absolute Gasteiger partial charge is 0.322 e. The molecule has 2 aromatic carbocycles. The van der Waals surface area contributed by atoms with E-state index in [1.54, 1.807) is 4.90 Å². The van der Waals surface area contributed by atoms with Crippen molar-refractivity contribution in [1.29, 1.82) is 0 Å². The molecule has 3 saturated heterocycles. The fourth-order valence-electron chi connectivity index (χ4n) is 7.84. The van der Waals surface area contributed by atoms with E-state index in [1.165, 1.54) is 32.4 Å². The molecule has 1 atom stereocenters. The van der Waals surface area contributed by atoms with E-state index in [1.807, 2.05) is 59.2 Å². The highest BCUT2D eigenvalue weighted by Crippen LogP contribution is 2.28. The van der Waals surface area contributed by atoms with Crippen LogP contribution in [0.5, 0.6) is 0 Å². The zero-order chi connectivity index (χ0) is 31.6. The van der Waals surface area contributed by atoms with Crippen LogP contribution in [0.25, 0.3) is 11.0 Å². The van der Waals surface area contributed by atoms with Gasteiger partial charge in [0.1, 0.15) is 11.9 Å². The summed E-state index contributed by atoms with van der Waals surface area (Å²) in [6, 6.07) is 13.6. The van der Waals surface area contributed by atoms with Crippen molar-refractivity contribution in [3.05, 3.63) is 59.4 Å². The van der Waals surface area contributed by atoms with Crippen LogP contribution in [0.3, 0.4) is 0 Å². The van der Waals surface area contributed by atoms with E-state index in [9.17, 15) is 14.4 Å². The van der Waals surface area contributed by atoms with Gasteiger partial charge in [0.15, 0.2) is 0 Å². The number of hydrogen-bond acceptors (Lipinski definition) is 5. The Balaban J connectivity index is 1.00. The highest BCUT2D eigenvalue weighted by molar-refractivity contribution is 5.92. The van der Waals surface area contributed by atoms with Gasteiger partial charge in [0, 0.05) is 56.9 Å². The van der Waals surface area contributed by atoms with Crippen molar-refractivity contribution in [3.8, 4) is 0 Å². The summed E-state index contributed by atoms with van der Waals surface area (Å²) in [6.45, 7) is 7.33. The second kappa shape index (κ2) is 13.3. The lowest BCUT2D eigenvalue weighted by Gasteiger charge is -2.42. The van der Waals surface area contributed by atoms with Gasteiger partial charge in [-0.1, -0.05) is 30.7 Å². The summed E-state index contributed by atoms with van der Waals surface area (Å²) >= 11 is 0. The predicted octanol–water partition coefficient (Wildman–Crippen LogP) is 4.48. The van der Waals surface area contributed by atoms with Crippen molar-refractivity contribution >= 4 is 34.7 Å². The van der Waals surface area contributed by atoms with Gasteiger partial charge in [-0.25, -0.2) is 14.6 Å². The number of aromatic amines is 1. The zero-order valence-corrected chi connectivity index (χ0v) is 26.8. The molecular formula is C35H46N8O3. The first-order valence-electron chi connectivity index (χ1n) is 17.1. The molecule has 1 unspecified atom stereocenters. The van der Waals surface area contributed by atoms with Gasteiger partial charge in [-0.15, -0.1) is 0 Å². The number of imidazole rings is 1. The van der Waals surface area contributed by atoms with E-state index in [-0.39, 0.29) is 24.0 Å². The zero-order valence-electron chi connectivity index (χ0n) is 26.8. The number of piperidine rings is 3. The van der Waals surface area contributed by atoms with Crippen LogP contribution >= 0.6 is 0 Å². The highest BCUT2D eigenvalue weighted by Gasteiger charge is 2.35. The Labute approximate surface area is 270 Å². The summed E-state index contributed by atoms with van der Waals surface area (Å²) in [4.78, 5) is 56.8. The number of para-hydroxylation sites is 1. The van der Waals surface area contributed by atoms with Gasteiger partial charge >= 0.3 is 12.1 Å². The Hall–Kier alpha value is -4.12. The number of nitrogens with one attached hydrogen (secondary N) is 3. The molecule has 244 valence electrons. The third-order valence-corrected chi connectivity index (χ3v) is 10.4. The fourth-order valence-corrected chi connectivity index (χ4v) is 7.84.